The predicted octanol–water partition coefficient (Wildman–Crippen LogP) is 3.49. The molecule has 0 saturated carbocycles. The first-order valence-corrected chi connectivity index (χ1v) is 7.94. The number of hydrogen-bond donors (Lipinski definition) is 2. The highest BCUT2D eigenvalue weighted by Crippen LogP contribution is 2.20. The maximum Gasteiger partial charge on any atom is 0.255 e. The summed E-state index contributed by atoms with van der Waals surface area (Å²) < 4.78 is 13.1. The van der Waals surface area contributed by atoms with Crippen molar-refractivity contribution < 1.29 is 9.18 Å². The van der Waals surface area contributed by atoms with Crippen LogP contribution in [0.25, 0.3) is 0 Å². The second-order valence-corrected chi connectivity index (χ2v) is 6.00. The van der Waals surface area contributed by atoms with Crippen molar-refractivity contribution in [2.45, 2.75) is 6.42 Å². The molecule has 0 atom stereocenters. The summed E-state index contributed by atoms with van der Waals surface area (Å²) in [5, 5.41) is 5.83. The van der Waals surface area contributed by atoms with E-state index in [4.69, 9.17) is 11.6 Å². The zero-order chi connectivity index (χ0) is 17.5. The molecule has 5 nitrogen and oxygen atoms in total. The lowest BCUT2D eigenvalue weighted by molar-refractivity contribution is 0.102. The van der Waals surface area contributed by atoms with Gasteiger partial charge in [-0.1, -0.05) is 11.6 Å². The van der Waals surface area contributed by atoms with Crippen molar-refractivity contribution >= 4 is 29.0 Å². The number of anilines is 2. The number of aromatic nitrogens is 1. The second kappa shape index (κ2) is 8.61. The van der Waals surface area contributed by atoms with Crippen molar-refractivity contribution in [3.05, 3.63) is 52.9 Å². The average molecular weight is 351 g/mol. The normalized spacial score (nSPS) is 10.7. The fraction of sp³-hybridized carbons (Fsp3) is 0.294. The van der Waals surface area contributed by atoms with Gasteiger partial charge in [-0.05, 0) is 57.4 Å². The van der Waals surface area contributed by atoms with Crippen molar-refractivity contribution in [3.8, 4) is 0 Å². The number of hydrogen-bond acceptors (Lipinski definition) is 4. The molecule has 1 amide bonds. The molecular weight excluding hydrogens is 331 g/mol. The number of rotatable bonds is 7. The smallest absolute Gasteiger partial charge is 0.255 e. The van der Waals surface area contributed by atoms with E-state index in [-0.39, 0.29) is 10.9 Å². The lowest BCUT2D eigenvalue weighted by Gasteiger charge is -2.11. The van der Waals surface area contributed by atoms with Gasteiger partial charge in [0, 0.05) is 24.0 Å². The zero-order valence-electron chi connectivity index (χ0n) is 13.6. The maximum absolute atomic E-state index is 13.1. The Kier molecular flexibility index (Phi) is 6.52. The third-order valence-corrected chi connectivity index (χ3v) is 3.58. The molecule has 0 fully saturated rings. The van der Waals surface area contributed by atoms with E-state index in [1.807, 2.05) is 14.1 Å². The van der Waals surface area contributed by atoms with E-state index in [0.29, 0.717) is 17.1 Å². The summed E-state index contributed by atoms with van der Waals surface area (Å²) >= 11 is 5.71. The topological polar surface area (TPSA) is 57.3 Å². The van der Waals surface area contributed by atoms with E-state index in [9.17, 15) is 9.18 Å². The van der Waals surface area contributed by atoms with Gasteiger partial charge < -0.3 is 15.5 Å². The van der Waals surface area contributed by atoms with Crippen molar-refractivity contribution in [3.63, 3.8) is 0 Å². The van der Waals surface area contributed by atoms with Crippen molar-refractivity contribution in [1.82, 2.24) is 9.88 Å². The van der Waals surface area contributed by atoms with E-state index in [1.54, 1.807) is 18.3 Å². The molecule has 1 aromatic heterocycles. The van der Waals surface area contributed by atoms with Gasteiger partial charge in [-0.2, -0.15) is 0 Å². The molecule has 0 aliphatic rings. The Labute approximate surface area is 145 Å². The van der Waals surface area contributed by atoms with E-state index in [2.05, 4.69) is 20.5 Å². The fourth-order valence-electron chi connectivity index (χ4n) is 2.06. The Balaban J connectivity index is 1.96. The van der Waals surface area contributed by atoms with Crippen LogP contribution in [0.1, 0.15) is 16.8 Å². The molecule has 0 bridgehead atoms. The molecule has 1 aromatic carbocycles. The molecule has 1 heterocycles. The SMILES string of the molecule is CN(C)CCCNc1cc(C(=O)Nc2ccc(F)c(Cl)c2)ccn1. The molecule has 2 N–H and O–H groups in total. The van der Waals surface area contributed by atoms with E-state index < -0.39 is 5.82 Å². The number of nitrogens with zero attached hydrogens (tertiary/aromatic N) is 2. The number of benzene rings is 1. The third kappa shape index (κ3) is 5.47. The summed E-state index contributed by atoms with van der Waals surface area (Å²) in [6.45, 7) is 1.74. The van der Waals surface area contributed by atoms with Crippen LogP contribution in [-0.4, -0.2) is 43.0 Å². The summed E-state index contributed by atoms with van der Waals surface area (Å²) in [5.41, 5.74) is 0.893. The zero-order valence-corrected chi connectivity index (χ0v) is 14.4. The minimum Gasteiger partial charge on any atom is -0.370 e. The molecule has 0 radical (unpaired) electrons. The standard InChI is InChI=1S/C17H20ClFN4O/c1-23(2)9-3-7-20-16-10-12(6-8-21-16)17(24)22-13-4-5-15(19)14(18)11-13/h4-6,8,10-11H,3,7,9H2,1-2H3,(H,20,21)(H,22,24). The quantitative estimate of drug-likeness (QED) is 0.750. The molecule has 0 aliphatic heterocycles. The first-order valence-electron chi connectivity index (χ1n) is 7.57. The highest BCUT2D eigenvalue weighted by atomic mass is 35.5. The van der Waals surface area contributed by atoms with Gasteiger partial charge in [-0.3, -0.25) is 4.79 Å². The first kappa shape index (κ1) is 18.2. The van der Waals surface area contributed by atoms with Gasteiger partial charge in [-0.25, -0.2) is 9.37 Å². The largest absolute Gasteiger partial charge is 0.370 e. The van der Waals surface area contributed by atoms with Crippen LogP contribution < -0.4 is 10.6 Å². The van der Waals surface area contributed by atoms with Crippen LogP contribution in [0.3, 0.4) is 0 Å². The van der Waals surface area contributed by atoms with Gasteiger partial charge in [-0.15, -0.1) is 0 Å². The van der Waals surface area contributed by atoms with Gasteiger partial charge in [0.15, 0.2) is 0 Å². The predicted molar refractivity (Wildman–Crippen MR) is 95.3 cm³/mol. The number of carbonyl (C=O) groups excluding carboxylic acids is 1. The molecule has 2 rings (SSSR count). The van der Waals surface area contributed by atoms with Crippen molar-refractivity contribution in [2.75, 3.05) is 37.8 Å². The van der Waals surface area contributed by atoms with E-state index in [0.717, 1.165) is 19.5 Å². The Morgan fingerprint density at radius 3 is 2.79 bits per heavy atom. The van der Waals surface area contributed by atoms with Gasteiger partial charge in [0.1, 0.15) is 11.6 Å². The summed E-state index contributed by atoms with van der Waals surface area (Å²) in [6.07, 6.45) is 2.54. The maximum atomic E-state index is 13.1. The Morgan fingerprint density at radius 1 is 1.29 bits per heavy atom. The molecule has 128 valence electrons. The Bertz CT molecular complexity index is 709. The van der Waals surface area contributed by atoms with Gasteiger partial charge in [0.25, 0.3) is 5.91 Å². The number of amides is 1. The molecule has 2 aromatic rings. The lowest BCUT2D eigenvalue weighted by atomic mass is 10.2. The van der Waals surface area contributed by atoms with Gasteiger partial charge in [0.2, 0.25) is 0 Å². The number of nitrogens with one attached hydrogen (secondary N) is 2. The minimum absolute atomic E-state index is 0.0363. The summed E-state index contributed by atoms with van der Waals surface area (Å²) in [7, 11) is 4.04. The third-order valence-electron chi connectivity index (χ3n) is 3.29. The van der Waals surface area contributed by atoms with Crippen molar-refractivity contribution in [2.24, 2.45) is 0 Å². The van der Waals surface area contributed by atoms with Crippen LogP contribution in [0.15, 0.2) is 36.5 Å². The number of pyridine rings is 1. The van der Waals surface area contributed by atoms with Crippen LogP contribution >= 0.6 is 11.6 Å². The van der Waals surface area contributed by atoms with E-state index >= 15 is 0 Å². The average Bonchev–Trinajstić information content (AvgIpc) is 2.55. The van der Waals surface area contributed by atoms with Crippen LogP contribution in [0, 0.1) is 5.82 Å². The molecular formula is C17H20ClFN4O. The molecule has 0 aliphatic carbocycles. The summed E-state index contributed by atoms with van der Waals surface area (Å²) in [4.78, 5) is 18.6. The van der Waals surface area contributed by atoms with Crippen LogP contribution in [0.5, 0.6) is 0 Å². The molecule has 0 spiro atoms. The molecule has 24 heavy (non-hydrogen) atoms. The van der Waals surface area contributed by atoms with Crippen LogP contribution in [0.4, 0.5) is 15.9 Å². The number of carbonyl (C=O) groups is 1. The summed E-state index contributed by atoms with van der Waals surface area (Å²) in [6, 6.07) is 7.33. The molecule has 7 heteroatoms. The van der Waals surface area contributed by atoms with Crippen LogP contribution in [-0.2, 0) is 0 Å². The fourth-order valence-corrected chi connectivity index (χ4v) is 2.24. The monoisotopic (exact) mass is 350 g/mol. The highest BCUT2D eigenvalue weighted by molar-refractivity contribution is 6.31. The Morgan fingerprint density at radius 2 is 2.08 bits per heavy atom. The van der Waals surface area contributed by atoms with Gasteiger partial charge >= 0.3 is 0 Å². The second-order valence-electron chi connectivity index (χ2n) is 5.60. The number of halogens is 2. The minimum atomic E-state index is -0.525. The molecule has 0 unspecified atom stereocenters. The summed E-state index contributed by atoms with van der Waals surface area (Å²) in [5.74, 6) is -0.197. The lowest BCUT2D eigenvalue weighted by Crippen LogP contribution is -2.17. The Hall–Kier alpha value is -2.18. The van der Waals surface area contributed by atoms with Crippen LogP contribution in [0.2, 0.25) is 5.02 Å². The molecule has 0 saturated heterocycles. The van der Waals surface area contributed by atoms with Crippen molar-refractivity contribution in [1.29, 1.82) is 0 Å². The van der Waals surface area contributed by atoms with Gasteiger partial charge in [0.05, 0.1) is 5.02 Å². The van der Waals surface area contributed by atoms with E-state index in [1.165, 1.54) is 18.2 Å². The first-order chi connectivity index (χ1) is 11.5. The highest BCUT2D eigenvalue weighted by Gasteiger charge is 2.09.